The molecule has 0 saturated heterocycles. The lowest BCUT2D eigenvalue weighted by Crippen LogP contribution is -2.14. The molecule has 0 amide bonds. The van der Waals surface area contributed by atoms with Gasteiger partial charge in [-0.1, -0.05) is 29.3 Å². The molecule has 0 aliphatic heterocycles. The minimum Gasteiger partial charge on any atom is -0.497 e. The number of hydrogen-bond acceptors (Lipinski definition) is 3. The average molecular weight is 326 g/mol. The Morgan fingerprint density at radius 3 is 2.00 bits per heavy atom. The lowest BCUT2D eigenvalue weighted by Gasteiger charge is -2.16. The molecule has 0 radical (unpaired) electrons. The zero-order chi connectivity index (χ0) is 15.4. The van der Waals surface area contributed by atoms with Crippen molar-refractivity contribution >= 4 is 23.2 Å². The monoisotopic (exact) mass is 325 g/mol. The van der Waals surface area contributed by atoms with Crippen LogP contribution in [0.1, 0.15) is 17.2 Å². The van der Waals surface area contributed by atoms with Crippen molar-refractivity contribution in [3.05, 3.63) is 57.6 Å². The molecule has 0 fully saturated rings. The molecule has 2 rings (SSSR count). The summed E-state index contributed by atoms with van der Waals surface area (Å²) >= 11 is 12.4. The fraction of sp³-hybridized carbons (Fsp3) is 0.250. The Morgan fingerprint density at radius 1 is 1.00 bits per heavy atom. The molecule has 0 aromatic heterocycles. The number of rotatable bonds is 5. The van der Waals surface area contributed by atoms with Gasteiger partial charge in [-0.05, 0) is 41.8 Å². The maximum atomic E-state index is 6.28. The van der Waals surface area contributed by atoms with Gasteiger partial charge in [0.25, 0.3) is 0 Å². The van der Waals surface area contributed by atoms with Crippen LogP contribution in [0.25, 0.3) is 0 Å². The first-order valence-electron chi connectivity index (χ1n) is 6.46. The molecule has 2 N–H and O–H groups in total. The molecular formula is C16H17Cl2NO2. The SMILES string of the molecule is COc1cc(OC)cc(C(N)Cc2c(Cl)cccc2Cl)c1. The van der Waals surface area contributed by atoms with E-state index in [1.807, 2.05) is 30.3 Å². The fourth-order valence-electron chi connectivity index (χ4n) is 2.11. The molecule has 112 valence electrons. The van der Waals surface area contributed by atoms with E-state index in [9.17, 15) is 0 Å². The van der Waals surface area contributed by atoms with E-state index in [2.05, 4.69) is 0 Å². The number of ether oxygens (including phenoxy) is 2. The van der Waals surface area contributed by atoms with Crippen LogP contribution in [-0.2, 0) is 6.42 Å². The van der Waals surface area contributed by atoms with Crippen molar-refractivity contribution in [2.45, 2.75) is 12.5 Å². The molecule has 0 aliphatic carbocycles. The van der Waals surface area contributed by atoms with Crippen LogP contribution in [0.3, 0.4) is 0 Å². The van der Waals surface area contributed by atoms with E-state index in [4.69, 9.17) is 38.4 Å². The third-order valence-electron chi connectivity index (χ3n) is 3.29. The van der Waals surface area contributed by atoms with Gasteiger partial charge in [-0.3, -0.25) is 0 Å². The summed E-state index contributed by atoms with van der Waals surface area (Å²) in [4.78, 5) is 0. The average Bonchev–Trinajstić information content (AvgIpc) is 2.50. The topological polar surface area (TPSA) is 44.5 Å². The van der Waals surface area contributed by atoms with Crippen LogP contribution in [0, 0.1) is 0 Å². The van der Waals surface area contributed by atoms with Gasteiger partial charge in [0.15, 0.2) is 0 Å². The van der Waals surface area contributed by atoms with Crippen molar-refractivity contribution < 1.29 is 9.47 Å². The molecule has 21 heavy (non-hydrogen) atoms. The Labute approximate surface area is 134 Å². The maximum Gasteiger partial charge on any atom is 0.122 e. The van der Waals surface area contributed by atoms with Crippen LogP contribution >= 0.6 is 23.2 Å². The van der Waals surface area contributed by atoms with Gasteiger partial charge in [-0.25, -0.2) is 0 Å². The zero-order valence-electron chi connectivity index (χ0n) is 11.9. The van der Waals surface area contributed by atoms with E-state index in [1.54, 1.807) is 20.3 Å². The molecule has 0 heterocycles. The highest BCUT2D eigenvalue weighted by Crippen LogP contribution is 2.31. The van der Waals surface area contributed by atoms with Crippen molar-refractivity contribution in [1.29, 1.82) is 0 Å². The minimum absolute atomic E-state index is 0.258. The van der Waals surface area contributed by atoms with E-state index < -0.39 is 0 Å². The first kappa shape index (κ1) is 16.0. The van der Waals surface area contributed by atoms with Gasteiger partial charge in [0.1, 0.15) is 11.5 Å². The first-order chi connectivity index (χ1) is 10.0. The predicted octanol–water partition coefficient (Wildman–Crippen LogP) is 4.25. The second kappa shape index (κ2) is 7.03. The lowest BCUT2D eigenvalue weighted by molar-refractivity contribution is 0.392. The lowest BCUT2D eigenvalue weighted by atomic mass is 9.99. The Balaban J connectivity index is 2.30. The molecule has 2 aromatic carbocycles. The molecule has 2 aromatic rings. The van der Waals surface area contributed by atoms with Gasteiger partial charge < -0.3 is 15.2 Å². The van der Waals surface area contributed by atoms with Gasteiger partial charge in [0.2, 0.25) is 0 Å². The molecule has 0 aliphatic rings. The largest absolute Gasteiger partial charge is 0.497 e. The molecule has 0 bridgehead atoms. The standard InChI is InChI=1S/C16H17Cl2NO2/c1-20-11-6-10(7-12(8-11)21-2)16(19)9-13-14(17)4-3-5-15(13)18/h3-8,16H,9,19H2,1-2H3. The highest BCUT2D eigenvalue weighted by Gasteiger charge is 2.14. The summed E-state index contributed by atoms with van der Waals surface area (Å²) in [5.41, 5.74) is 8.03. The number of hydrogen-bond donors (Lipinski definition) is 1. The second-order valence-corrected chi connectivity index (χ2v) is 5.47. The van der Waals surface area contributed by atoms with Crippen LogP contribution < -0.4 is 15.2 Å². The van der Waals surface area contributed by atoms with Crippen molar-refractivity contribution in [2.24, 2.45) is 5.73 Å². The van der Waals surface area contributed by atoms with Crippen LogP contribution in [0.4, 0.5) is 0 Å². The number of nitrogens with two attached hydrogens (primary N) is 1. The number of benzene rings is 2. The van der Waals surface area contributed by atoms with Gasteiger partial charge >= 0.3 is 0 Å². The molecule has 0 spiro atoms. The van der Waals surface area contributed by atoms with Crippen molar-refractivity contribution in [3.63, 3.8) is 0 Å². The summed E-state index contributed by atoms with van der Waals surface area (Å²) in [5, 5.41) is 1.24. The fourth-order valence-corrected chi connectivity index (χ4v) is 2.66. The van der Waals surface area contributed by atoms with E-state index >= 15 is 0 Å². The molecular weight excluding hydrogens is 309 g/mol. The number of halogens is 2. The van der Waals surface area contributed by atoms with Crippen molar-refractivity contribution in [3.8, 4) is 11.5 Å². The molecule has 1 atom stereocenters. The maximum absolute atomic E-state index is 6.28. The Hall–Kier alpha value is -1.42. The highest BCUT2D eigenvalue weighted by molar-refractivity contribution is 6.36. The van der Waals surface area contributed by atoms with Crippen molar-refractivity contribution in [1.82, 2.24) is 0 Å². The third kappa shape index (κ3) is 3.82. The van der Waals surface area contributed by atoms with E-state index in [-0.39, 0.29) is 6.04 Å². The van der Waals surface area contributed by atoms with Crippen LogP contribution in [0.15, 0.2) is 36.4 Å². The third-order valence-corrected chi connectivity index (χ3v) is 4.00. The quantitative estimate of drug-likeness (QED) is 0.893. The summed E-state index contributed by atoms with van der Waals surface area (Å²) in [6.45, 7) is 0. The zero-order valence-corrected chi connectivity index (χ0v) is 13.4. The van der Waals surface area contributed by atoms with Gasteiger partial charge in [-0.2, -0.15) is 0 Å². The minimum atomic E-state index is -0.258. The summed E-state index contributed by atoms with van der Waals surface area (Å²) in [7, 11) is 3.21. The second-order valence-electron chi connectivity index (χ2n) is 4.66. The van der Waals surface area contributed by atoms with Crippen LogP contribution in [-0.4, -0.2) is 14.2 Å². The van der Waals surface area contributed by atoms with Crippen LogP contribution in [0.5, 0.6) is 11.5 Å². The van der Waals surface area contributed by atoms with Gasteiger partial charge in [0, 0.05) is 22.2 Å². The predicted molar refractivity (Wildman–Crippen MR) is 86.6 cm³/mol. The smallest absolute Gasteiger partial charge is 0.122 e. The molecule has 1 unspecified atom stereocenters. The van der Waals surface area contributed by atoms with E-state index in [0.717, 1.165) is 11.1 Å². The Bertz CT molecular complexity index is 589. The molecule has 0 saturated carbocycles. The highest BCUT2D eigenvalue weighted by atomic mass is 35.5. The van der Waals surface area contributed by atoms with E-state index in [1.165, 1.54) is 0 Å². The normalized spacial score (nSPS) is 12.0. The summed E-state index contributed by atoms with van der Waals surface area (Å²) in [6.07, 6.45) is 0.537. The molecule has 3 nitrogen and oxygen atoms in total. The summed E-state index contributed by atoms with van der Waals surface area (Å²) in [5.74, 6) is 1.40. The Kier molecular flexibility index (Phi) is 5.34. The summed E-state index contributed by atoms with van der Waals surface area (Å²) < 4.78 is 10.5. The van der Waals surface area contributed by atoms with Crippen molar-refractivity contribution in [2.75, 3.05) is 14.2 Å². The van der Waals surface area contributed by atoms with Gasteiger partial charge in [-0.15, -0.1) is 0 Å². The summed E-state index contributed by atoms with van der Waals surface area (Å²) in [6, 6.07) is 10.7. The first-order valence-corrected chi connectivity index (χ1v) is 7.22. The molecule has 5 heteroatoms. The van der Waals surface area contributed by atoms with Crippen LogP contribution in [0.2, 0.25) is 10.0 Å². The number of methoxy groups -OCH3 is 2. The Morgan fingerprint density at radius 2 is 1.52 bits per heavy atom. The van der Waals surface area contributed by atoms with Gasteiger partial charge in [0.05, 0.1) is 14.2 Å². The van der Waals surface area contributed by atoms with E-state index in [0.29, 0.717) is 28.0 Å².